The lowest BCUT2D eigenvalue weighted by Gasteiger charge is -2.26. The minimum Gasteiger partial charge on any atom is -0.465 e. The Labute approximate surface area is 184 Å². The highest BCUT2D eigenvalue weighted by Gasteiger charge is 2.28. The van der Waals surface area contributed by atoms with Crippen LogP contribution in [0, 0.1) is 6.92 Å². The SMILES string of the molecule is COC(=O)c1ccc(C(C)N2CCCC2=O)c(Oc2ccc(-c3nnc(C)s3)cc2)c1. The predicted molar refractivity (Wildman–Crippen MR) is 117 cm³/mol. The summed E-state index contributed by atoms with van der Waals surface area (Å²) in [5, 5.41) is 9.97. The van der Waals surface area contributed by atoms with Gasteiger partial charge < -0.3 is 14.4 Å². The molecule has 31 heavy (non-hydrogen) atoms. The second-order valence-electron chi connectivity index (χ2n) is 7.36. The van der Waals surface area contributed by atoms with Crippen LogP contribution in [0.3, 0.4) is 0 Å². The van der Waals surface area contributed by atoms with Gasteiger partial charge in [0.25, 0.3) is 0 Å². The molecule has 1 amide bonds. The summed E-state index contributed by atoms with van der Waals surface area (Å²) < 4.78 is 11.0. The van der Waals surface area contributed by atoms with Crippen LogP contribution in [0.15, 0.2) is 42.5 Å². The van der Waals surface area contributed by atoms with Crippen LogP contribution in [0.1, 0.15) is 46.7 Å². The summed E-state index contributed by atoms with van der Waals surface area (Å²) in [5.74, 6) is 0.832. The van der Waals surface area contributed by atoms with Gasteiger partial charge in [-0.05, 0) is 56.7 Å². The molecule has 0 aliphatic carbocycles. The number of aryl methyl sites for hydroxylation is 1. The molecule has 0 saturated carbocycles. The van der Waals surface area contributed by atoms with Crippen LogP contribution >= 0.6 is 11.3 Å². The number of methoxy groups -OCH3 is 1. The lowest BCUT2D eigenvalue weighted by Crippen LogP contribution is -2.28. The highest BCUT2D eigenvalue weighted by Crippen LogP contribution is 2.36. The van der Waals surface area contributed by atoms with Gasteiger partial charge in [-0.1, -0.05) is 17.4 Å². The Morgan fingerprint density at radius 2 is 1.94 bits per heavy atom. The number of nitrogens with zero attached hydrogens (tertiary/aromatic N) is 3. The van der Waals surface area contributed by atoms with Gasteiger partial charge in [0.05, 0.1) is 18.7 Å². The molecule has 0 bridgehead atoms. The van der Waals surface area contributed by atoms with Crippen molar-refractivity contribution in [2.45, 2.75) is 32.7 Å². The van der Waals surface area contributed by atoms with Crippen LogP contribution in [-0.4, -0.2) is 40.6 Å². The van der Waals surface area contributed by atoms with E-state index in [0.717, 1.165) is 27.6 Å². The zero-order chi connectivity index (χ0) is 22.0. The van der Waals surface area contributed by atoms with E-state index in [0.29, 0.717) is 30.0 Å². The van der Waals surface area contributed by atoms with Crippen molar-refractivity contribution in [1.82, 2.24) is 15.1 Å². The van der Waals surface area contributed by atoms with Crippen LogP contribution in [0.5, 0.6) is 11.5 Å². The first-order chi connectivity index (χ1) is 15.0. The third kappa shape index (κ3) is 4.44. The Morgan fingerprint density at radius 1 is 1.16 bits per heavy atom. The van der Waals surface area contributed by atoms with Gasteiger partial charge in [0.2, 0.25) is 5.91 Å². The summed E-state index contributed by atoms with van der Waals surface area (Å²) in [4.78, 5) is 26.2. The number of hydrogen-bond donors (Lipinski definition) is 0. The third-order valence-corrected chi connectivity index (χ3v) is 6.21. The minimum atomic E-state index is -0.441. The average molecular weight is 438 g/mol. The topological polar surface area (TPSA) is 81.6 Å². The summed E-state index contributed by atoms with van der Waals surface area (Å²) in [6.07, 6.45) is 1.42. The van der Waals surface area contributed by atoms with Gasteiger partial charge in [-0.2, -0.15) is 0 Å². The first-order valence-electron chi connectivity index (χ1n) is 10.1. The third-order valence-electron chi connectivity index (χ3n) is 5.32. The molecule has 0 spiro atoms. The van der Waals surface area contributed by atoms with E-state index in [4.69, 9.17) is 9.47 Å². The average Bonchev–Trinajstić information content (AvgIpc) is 3.41. The smallest absolute Gasteiger partial charge is 0.337 e. The summed E-state index contributed by atoms with van der Waals surface area (Å²) in [7, 11) is 1.34. The van der Waals surface area contributed by atoms with Crippen LogP contribution in [0.2, 0.25) is 0 Å². The molecule has 1 aliphatic heterocycles. The maximum atomic E-state index is 12.3. The van der Waals surface area contributed by atoms with Gasteiger partial charge >= 0.3 is 5.97 Å². The Kier molecular flexibility index (Phi) is 5.99. The number of ether oxygens (including phenoxy) is 2. The van der Waals surface area contributed by atoms with Crippen LogP contribution in [0.25, 0.3) is 10.6 Å². The minimum absolute atomic E-state index is 0.132. The number of likely N-dealkylation sites (tertiary alicyclic amines) is 1. The standard InChI is InChI=1S/C23H23N3O4S/c1-14(26-12-4-5-21(26)27)19-11-8-17(23(28)29-3)13-20(19)30-18-9-6-16(7-10-18)22-25-24-15(2)31-22/h6-11,13-14H,4-5,12H2,1-3H3. The van der Waals surface area contributed by atoms with Crippen molar-refractivity contribution in [3.8, 4) is 22.1 Å². The zero-order valence-corrected chi connectivity index (χ0v) is 18.4. The van der Waals surface area contributed by atoms with Gasteiger partial charge in [-0.25, -0.2) is 4.79 Å². The molecule has 4 rings (SSSR count). The molecular formula is C23H23N3O4S. The first kappa shape index (κ1) is 21.0. The van der Waals surface area contributed by atoms with Crippen LogP contribution in [-0.2, 0) is 9.53 Å². The van der Waals surface area contributed by atoms with Crippen molar-refractivity contribution in [3.63, 3.8) is 0 Å². The van der Waals surface area contributed by atoms with Gasteiger partial charge in [-0.15, -0.1) is 10.2 Å². The van der Waals surface area contributed by atoms with E-state index in [2.05, 4.69) is 10.2 Å². The number of rotatable bonds is 6. The maximum Gasteiger partial charge on any atom is 0.337 e. The molecule has 3 aromatic rings. The fourth-order valence-electron chi connectivity index (χ4n) is 3.66. The summed E-state index contributed by atoms with van der Waals surface area (Å²) in [6.45, 7) is 4.61. The van der Waals surface area contributed by atoms with Crippen molar-refractivity contribution < 1.29 is 19.1 Å². The van der Waals surface area contributed by atoms with E-state index in [-0.39, 0.29) is 11.9 Å². The maximum absolute atomic E-state index is 12.3. The number of carbonyl (C=O) groups excluding carboxylic acids is 2. The highest BCUT2D eigenvalue weighted by atomic mass is 32.1. The molecule has 2 aromatic carbocycles. The molecule has 1 unspecified atom stereocenters. The van der Waals surface area contributed by atoms with Crippen molar-refractivity contribution in [1.29, 1.82) is 0 Å². The number of carbonyl (C=O) groups is 2. The van der Waals surface area contributed by atoms with Gasteiger partial charge in [0.15, 0.2) is 0 Å². The quantitative estimate of drug-likeness (QED) is 0.517. The number of aromatic nitrogens is 2. The molecular weight excluding hydrogens is 414 g/mol. The summed E-state index contributed by atoms with van der Waals surface area (Å²) >= 11 is 1.53. The second kappa shape index (κ2) is 8.85. The second-order valence-corrected chi connectivity index (χ2v) is 8.55. The fourth-order valence-corrected chi connectivity index (χ4v) is 4.36. The van der Waals surface area contributed by atoms with Crippen LogP contribution < -0.4 is 4.74 Å². The van der Waals surface area contributed by atoms with Gasteiger partial charge in [0, 0.05) is 24.1 Å². The van der Waals surface area contributed by atoms with E-state index in [1.807, 2.05) is 49.1 Å². The molecule has 2 heterocycles. The largest absolute Gasteiger partial charge is 0.465 e. The van der Waals surface area contributed by atoms with Crippen molar-refractivity contribution in [2.24, 2.45) is 0 Å². The summed E-state index contributed by atoms with van der Waals surface area (Å²) in [6, 6.07) is 12.6. The monoisotopic (exact) mass is 437 g/mol. The molecule has 1 fully saturated rings. The number of esters is 1. The first-order valence-corrected chi connectivity index (χ1v) is 10.9. The van der Waals surface area contributed by atoms with Crippen molar-refractivity contribution in [3.05, 3.63) is 58.6 Å². The Bertz CT molecular complexity index is 1110. The molecule has 160 valence electrons. The van der Waals surface area contributed by atoms with E-state index in [1.165, 1.54) is 18.4 Å². The van der Waals surface area contributed by atoms with Crippen LogP contribution in [0.4, 0.5) is 0 Å². The predicted octanol–water partition coefficient (Wildman–Crippen LogP) is 4.78. The molecule has 0 radical (unpaired) electrons. The van der Waals surface area contributed by atoms with E-state index < -0.39 is 5.97 Å². The van der Waals surface area contributed by atoms with Gasteiger partial charge in [-0.3, -0.25) is 4.79 Å². The molecule has 1 atom stereocenters. The van der Waals surface area contributed by atoms with Gasteiger partial charge in [0.1, 0.15) is 21.5 Å². The molecule has 1 aliphatic rings. The molecule has 7 nitrogen and oxygen atoms in total. The Morgan fingerprint density at radius 3 is 2.55 bits per heavy atom. The lowest BCUT2D eigenvalue weighted by atomic mass is 10.0. The van der Waals surface area contributed by atoms with E-state index >= 15 is 0 Å². The Hall–Kier alpha value is -3.26. The molecule has 0 N–H and O–H groups in total. The van der Waals surface area contributed by atoms with E-state index in [1.54, 1.807) is 12.1 Å². The number of hydrogen-bond acceptors (Lipinski definition) is 7. The van der Waals surface area contributed by atoms with Crippen molar-refractivity contribution in [2.75, 3.05) is 13.7 Å². The fraction of sp³-hybridized carbons (Fsp3) is 0.304. The number of amides is 1. The highest BCUT2D eigenvalue weighted by molar-refractivity contribution is 7.14. The lowest BCUT2D eigenvalue weighted by molar-refractivity contribution is -0.129. The zero-order valence-electron chi connectivity index (χ0n) is 17.6. The molecule has 1 aromatic heterocycles. The Balaban J connectivity index is 1.64. The molecule has 8 heteroatoms. The number of benzene rings is 2. The summed E-state index contributed by atoms with van der Waals surface area (Å²) in [5.41, 5.74) is 2.19. The molecule has 1 saturated heterocycles. The normalized spacial score (nSPS) is 14.5. The van der Waals surface area contributed by atoms with E-state index in [9.17, 15) is 9.59 Å². The van der Waals surface area contributed by atoms with Crippen molar-refractivity contribution >= 4 is 23.2 Å².